The number of nitrogens with two attached hydrogens (primary N) is 1. The van der Waals surface area contributed by atoms with Gasteiger partial charge in [-0.2, -0.15) is 0 Å². The SMILES string of the molecule is COc1ccc(S(N)(=O)=O)cc1C(=O)N1CCC2(CCCCc3ccccc3OCCN(CC3CC3)C2)CC1. The molecule has 1 amide bonds. The van der Waals surface area contributed by atoms with E-state index in [4.69, 9.17) is 14.6 Å². The molecule has 2 fully saturated rings. The summed E-state index contributed by atoms with van der Waals surface area (Å²) in [4.78, 5) is 17.9. The number of methoxy groups -OCH3 is 1. The number of benzene rings is 2. The van der Waals surface area contributed by atoms with E-state index in [-0.39, 0.29) is 21.8 Å². The second-order valence-electron chi connectivity index (χ2n) is 11.5. The predicted octanol–water partition coefficient (Wildman–Crippen LogP) is 4.08. The lowest BCUT2D eigenvalue weighted by atomic mass is 9.73. The Labute approximate surface area is 232 Å². The number of nitrogens with zero attached hydrogens (tertiary/aromatic N) is 2. The van der Waals surface area contributed by atoms with Gasteiger partial charge in [0.2, 0.25) is 10.0 Å². The Bertz CT molecular complexity index is 1270. The summed E-state index contributed by atoms with van der Waals surface area (Å²) in [6.45, 7) is 5.02. The maximum Gasteiger partial charge on any atom is 0.257 e. The molecular weight excluding hydrogens is 514 g/mol. The number of aryl methyl sites for hydroxylation is 1. The van der Waals surface area contributed by atoms with E-state index in [1.54, 1.807) is 0 Å². The molecule has 1 spiro atoms. The zero-order chi connectivity index (χ0) is 27.5. The van der Waals surface area contributed by atoms with Crippen LogP contribution < -0.4 is 14.6 Å². The van der Waals surface area contributed by atoms with E-state index in [0.29, 0.717) is 25.4 Å². The van der Waals surface area contributed by atoms with Gasteiger partial charge in [0.1, 0.15) is 18.1 Å². The molecule has 0 radical (unpaired) electrons. The molecule has 0 atom stereocenters. The van der Waals surface area contributed by atoms with Gasteiger partial charge in [-0.1, -0.05) is 24.6 Å². The summed E-state index contributed by atoms with van der Waals surface area (Å²) in [5.74, 6) is 1.96. The quantitative estimate of drug-likeness (QED) is 0.597. The van der Waals surface area contributed by atoms with Gasteiger partial charge in [-0.15, -0.1) is 0 Å². The first-order valence-corrected chi connectivity index (χ1v) is 15.7. The van der Waals surface area contributed by atoms with Crippen LogP contribution in [0.1, 0.15) is 60.9 Å². The minimum Gasteiger partial charge on any atom is -0.496 e. The number of primary sulfonamides is 1. The number of sulfonamides is 1. The highest BCUT2D eigenvalue weighted by Crippen LogP contribution is 2.40. The van der Waals surface area contributed by atoms with Gasteiger partial charge in [-0.05, 0) is 86.1 Å². The highest BCUT2D eigenvalue weighted by molar-refractivity contribution is 7.89. The van der Waals surface area contributed by atoms with E-state index in [1.807, 2.05) is 4.90 Å². The Kier molecular flexibility index (Phi) is 8.49. The number of hydrogen-bond donors (Lipinski definition) is 1. The molecular formula is C30H41N3O5S. The van der Waals surface area contributed by atoms with Crippen molar-refractivity contribution < 1.29 is 22.7 Å². The molecule has 0 aromatic heterocycles. The van der Waals surface area contributed by atoms with Gasteiger partial charge in [-0.25, -0.2) is 13.6 Å². The Balaban J connectivity index is 1.31. The fraction of sp³-hybridized carbons (Fsp3) is 0.567. The van der Waals surface area contributed by atoms with Crippen LogP contribution in [0.4, 0.5) is 0 Å². The average Bonchev–Trinajstić information content (AvgIpc) is 3.74. The van der Waals surface area contributed by atoms with E-state index in [9.17, 15) is 13.2 Å². The first-order valence-electron chi connectivity index (χ1n) is 14.2. The third-order valence-corrected chi connectivity index (χ3v) is 9.57. The molecule has 212 valence electrons. The molecule has 0 bridgehead atoms. The molecule has 5 rings (SSSR count). The number of piperidine rings is 1. The minimum absolute atomic E-state index is 0.0843. The molecule has 1 saturated heterocycles. The third kappa shape index (κ3) is 6.94. The lowest BCUT2D eigenvalue weighted by molar-refractivity contribution is 0.0366. The molecule has 3 aliphatic rings. The van der Waals surface area contributed by atoms with Gasteiger partial charge >= 0.3 is 0 Å². The van der Waals surface area contributed by atoms with Crippen LogP contribution in [0, 0.1) is 11.3 Å². The van der Waals surface area contributed by atoms with Crippen molar-refractivity contribution >= 4 is 15.9 Å². The van der Waals surface area contributed by atoms with Crippen molar-refractivity contribution in [3.05, 3.63) is 53.6 Å². The maximum absolute atomic E-state index is 13.6. The van der Waals surface area contributed by atoms with Crippen molar-refractivity contribution in [3.63, 3.8) is 0 Å². The fourth-order valence-corrected chi connectivity index (χ4v) is 6.74. The molecule has 1 aliphatic carbocycles. The number of rotatable bonds is 5. The number of amides is 1. The second-order valence-corrected chi connectivity index (χ2v) is 13.1. The van der Waals surface area contributed by atoms with E-state index in [2.05, 4.69) is 29.2 Å². The van der Waals surface area contributed by atoms with Crippen LogP contribution in [-0.4, -0.2) is 70.6 Å². The number of likely N-dealkylation sites (tertiary alicyclic amines) is 1. The molecule has 2 N–H and O–H groups in total. The van der Waals surface area contributed by atoms with Crippen LogP contribution in [0.25, 0.3) is 0 Å². The van der Waals surface area contributed by atoms with Crippen molar-refractivity contribution in [1.82, 2.24) is 9.80 Å². The van der Waals surface area contributed by atoms with Gasteiger partial charge in [0.15, 0.2) is 0 Å². The zero-order valence-electron chi connectivity index (χ0n) is 22.9. The molecule has 9 heteroatoms. The molecule has 1 saturated carbocycles. The number of carbonyl (C=O) groups is 1. The van der Waals surface area contributed by atoms with E-state index < -0.39 is 10.0 Å². The summed E-state index contributed by atoms with van der Waals surface area (Å²) in [6.07, 6.45) is 8.90. The summed E-state index contributed by atoms with van der Waals surface area (Å²) >= 11 is 0. The van der Waals surface area contributed by atoms with Crippen LogP contribution >= 0.6 is 0 Å². The van der Waals surface area contributed by atoms with Crippen LogP contribution in [0.5, 0.6) is 11.5 Å². The van der Waals surface area contributed by atoms with Gasteiger partial charge in [-0.3, -0.25) is 9.69 Å². The number of fused-ring (bicyclic) bond motifs is 1. The summed E-state index contributed by atoms with van der Waals surface area (Å²) in [7, 11) is -2.45. The van der Waals surface area contributed by atoms with Crippen LogP contribution in [-0.2, 0) is 16.4 Å². The normalized spacial score (nSPS) is 20.8. The molecule has 8 nitrogen and oxygen atoms in total. The highest BCUT2D eigenvalue weighted by Gasteiger charge is 2.39. The first kappa shape index (κ1) is 27.9. The molecule has 2 aromatic carbocycles. The Hall–Kier alpha value is -2.62. The fourth-order valence-electron chi connectivity index (χ4n) is 6.20. The lowest BCUT2D eigenvalue weighted by Gasteiger charge is -2.45. The first-order chi connectivity index (χ1) is 18.8. The summed E-state index contributed by atoms with van der Waals surface area (Å²) < 4.78 is 35.5. The molecule has 39 heavy (non-hydrogen) atoms. The Morgan fingerprint density at radius 3 is 2.56 bits per heavy atom. The summed E-state index contributed by atoms with van der Waals surface area (Å²) in [5, 5.41) is 5.33. The number of carbonyl (C=O) groups excluding carboxylic acids is 1. The smallest absolute Gasteiger partial charge is 0.257 e. The number of para-hydroxylation sites is 1. The van der Waals surface area contributed by atoms with Crippen molar-refractivity contribution in [2.24, 2.45) is 16.5 Å². The van der Waals surface area contributed by atoms with Gasteiger partial charge in [0.05, 0.1) is 17.6 Å². The van der Waals surface area contributed by atoms with E-state index in [0.717, 1.165) is 69.8 Å². The van der Waals surface area contributed by atoms with Crippen LogP contribution in [0.3, 0.4) is 0 Å². The topological polar surface area (TPSA) is 102 Å². The average molecular weight is 556 g/mol. The van der Waals surface area contributed by atoms with Crippen LogP contribution in [0.15, 0.2) is 47.4 Å². The summed E-state index contributed by atoms with van der Waals surface area (Å²) in [5.41, 5.74) is 1.68. The van der Waals surface area contributed by atoms with E-state index >= 15 is 0 Å². The standard InChI is InChI=1S/C30H41N3O5S/c1-37-28-12-11-25(39(31,35)36)20-26(28)29(34)33-16-14-30(15-17-33)13-5-4-7-24-6-2-3-8-27(24)38-19-18-32(22-30)21-23-9-10-23/h2-3,6,8,11-12,20,23H,4-5,7,9-10,13-19,21-22H2,1H3,(H2,31,35,36). The number of ether oxygens (including phenoxy) is 2. The third-order valence-electron chi connectivity index (χ3n) is 8.65. The predicted molar refractivity (Wildman–Crippen MR) is 151 cm³/mol. The second kappa shape index (κ2) is 11.9. The van der Waals surface area contributed by atoms with Crippen LogP contribution in [0.2, 0.25) is 0 Å². The zero-order valence-corrected chi connectivity index (χ0v) is 23.8. The minimum atomic E-state index is -3.93. The maximum atomic E-state index is 13.6. The van der Waals surface area contributed by atoms with Gasteiger partial charge in [0.25, 0.3) is 5.91 Å². The van der Waals surface area contributed by atoms with Gasteiger partial charge in [0, 0.05) is 32.7 Å². The van der Waals surface area contributed by atoms with Crippen molar-refractivity contribution in [2.45, 2.75) is 56.3 Å². The summed E-state index contributed by atoms with van der Waals surface area (Å²) in [6, 6.07) is 12.6. The van der Waals surface area contributed by atoms with Gasteiger partial charge < -0.3 is 14.4 Å². The van der Waals surface area contributed by atoms with E-state index in [1.165, 1.54) is 43.7 Å². The highest BCUT2D eigenvalue weighted by atomic mass is 32.2. The molecule has 2 heterocycles. The Morgan fingerprint density at radius 1 is 1.08 bits per heavy atom. The van der Waals surface area contributed by atoms with Crippen molar-refractivity contribution in [2.75, 3.05) is 46.4 Å². The van der Waals surface area contributed by atoms with Crippen molar-refractivity contribution in [1.29, 1.82) is 0 Å². The Morgan fingerprint density at radius 2 is 1.85 bits per heavy atom. The monoisotopic (exact) mass is 555 g/mol. The molecule has 2 aromatic rings. The molecule has 0 unspecified atom stereocenters. The number of hydrogen-bond acceptors (Lipinski definition) is 6. The lowest BCUT2D eigenvalue weighted by Crippen LogP contribution is -2.49. The van der Waals surface area contributed by atoms with Crippen molar-refractivity contribution in [3.8, 4) is 11.5 Å². The largest absolute Gasteiger partial charge is 0.496 e. The molecule has 2 aliphatic heterocycles.